The Morgan fingerprint density at radius 3 is 2.67 bits per heavy atom. The van der Waals surface area contributed by atoms with Gasteiger partial charge in [-0.2, -0.15) is 14.9 Å². The van der Waals surface area contributed by atoms with Gasteiger partial charge in [0.05, 0.1) is 17.7 Å². The van der Waals surface area contributed by atoms with Crippen molar-refractivity contribution in [3.63, 3.8) is 0 Å². The first-order chi connectivity index (χ1) is 15.7. The van der Waals surface area contributed by atoms with Crippen molar-refractivity contribution in [1.29, 1.82) is 5.26 Å². The molecule has 10 heteroatoms. The lowest BCUT2D eigenvalue weighted by Crippen LogP contribution is -2.36. The van der Waals surface area contributed by atoms with Crippen molar-refractivity contribution in [2.45, 2.75) is 52.6 Å². The molecule has 2 aromatic heterocycles. The number of nitriles is 1. The molecule has 2 N–H and O–H groups in total. The van der Waals surface area contributed by atoms with E-state index in [1.54, 1.807) is 17.9 Å². The number of carbonyl (C=O) groups is 2. The minimum absolute atomic E-state index is 0.0284. The van der Waals surface area contributed by atoms with E-state index in [0.717, 1.165) is 12.8 Å². The molecule has 1 saturated heterocycles. The number of aryl methyl sites for hydroxylation is 1. The van der Waals surface area contributed by atoms with Crippen molar-refractivity contribution in [3.05, 3.63) is 33.3 Å². The van der Waals surface area contributed by atoms with Gasteiger partial charge in [0.2, 0.25) is 11.8 Å². The van der Waals surface area contributed by atoms with Gasteiger partial charge in [0.1, 0.15) is 5.65 Å². The Labute approximate surface area is 191 Å². The summed E-state index contributed by atoms with van der Waals surface area (Å²) in [6.07, 6.45) is 5.34. The first-order valence-corrected chi connectivity index (χ1v) is 11.2. The molecule has 2 amide bonds. The van der Waals surface area contributed by atoms with Crippen LogP contribution in [0.4, 0.5) is 0 Å². The molecule has 0 bridgehead atoms. The van der Waals surface area contributed by atoms with E-state index >= 15 is 0 Å². The quantitative estimate of drug-likeness (QED) is 0.638. The van der Waals surface area contributed by atoms with Crippen LogP contribution in [0.2, 0.25) is 0 Å². The van der Waals surface area contributed by atoms with Gasteiger partial charge in [-0.25, -0.2) is 0 Å². The molecule has 3 heterocycles. The lowest BCUT2D eigenvalue weighted by atomic mass is 10.1. The molecule has 2 aliphatic rings. The molecule has 0 unspecified atom stereocenters. The zero-order chi connectivity index (χ0) is 23.9. The normalized spacial score (nSPS) is 18.4. The highest BCUT2D eigenvalue weighted by Gasteiger charge is 2.30. The van der Waals surface area contributed by atoms with E-state index in [1.165, 1.54) is 15.2 Å². The zero-order valence-corrected chi connectivity index (χ0v) is 19.0. The van der Waals surface area contributed by atoms with Crippen LogP contribution < -0.4 is 10.9 Å². The highest BCUT2D eigenvalue weighted by Crippen LogP contribution is 2.25. The molecular formula is C23H28N6O4. The number of amides is 2. The second kappa shape index (κ2) is 8.73. The zero-order valence-electron chi connectivity index (χ0n) is 19.0. The van der Waals surface area contributed by atoms with Crippen LogP contribution in [-0.2, 0) is 11.3 Å². The van der Waals surface area contributed by atoms with Crippen molar-refractivity contribution in [2.75, 3.05) is 13.1 Å². The summed E-state index contributed by atoms with van der Waals surface area (Å²) in [4.78, 5) is 40.3. The highest BCUT2D eigenvalue weighted by atomic mass is 16.3. The molecule has 2 aromatic rings. The first-order valence-electron chi connectivity index (χ1n) is 11.2. The smallest absolute Gasteiger partial charge is 0.270 e. The third-order valence-electron chi connectivity index (χ3n) is 5.98. The predicted molar refractivity (Wildman–Crippen MR) is 121 cm³/mol. The number of fused-ring (bicyclic) bond motifs is 1. The molecule has 1 atom stereocenters. The van der Waals surface area contributed by atoms with Crippen LogP contribution in [0, 0.1) is 30.1 Å². The van der Waals surface area contributed by atoms with E-state index < -0.39 is 17.3 Å². The highest BCUT2D eigenvalue weighted by molar-refractivity contribution is 5.97. The number of nitrogens with zero attached hydrogens (tertiary/aromatic N) is 5. The van der Waals surface area contributed by atoms with Gasteiger partial charge >= 0.3 is 0 Å². The second-order valence-corrected chi connectivity index (χ2v) is 9.22. The van der Waals surface area contributed by atoms with E-state index in [0.29, 0.717) is 43.0 Å². The second-order valence-electron chi connectivity index (χ2n) is 9.22. The van der Waals surface area contributed by atoms with Gasteiger partial charge < -0.3 is 15.3 Å². The van der Waals surface area contributed by atoms with Crippen LogP contribution in [-0.4, -0.2) is 55.1 Å². The molecule has 1 aliphatic carbocycles. The largest absolute Gasteiger partial charge is 0.492 e. The predicted octanol–water partition coefficient (Wildman–Crippen LogP) is 1.44. The Morgan fingerprint density at radius 2 is 2.06 bits per heavy atom. The first kappa shape index (κ1) is 22.6. The Bertz CT molecular complexity index is 1240. The fraction of sp³-hybridized carbons (Fsp3) is 0.522. The van der Waals surface area contributed by atoms with E-state index in [2.05, 4.69) is 16.5 Å². The number of hydrogen-bond acceptors (Lipinski definition) is 6. The summed E-state index contributed by atoms with van der Waals surface area (Å²) in [5, 5.41) is 27.0. The summed E-state index contributed by atoms with van der Waals surface area (Å²) in [6.45, 7) is 6.83. The number of likely N-dealkylation sites (tertiary alicyclic amines) is 1. The van der Waals surface area contributed by atoms with Crippen molar-refractivity contribution < 1.29 is 14.7 Å². The van der Waals surface area contributed by atoms with Crippen molar-refractivity contribution >= 4 is 23.5 Å². The SMILES string of the molecule is Cc1nn2c(O)c(C(=O)NC3CC3)c(=O)n(CC(C)C)c2c1/C=C/C(=O)N1CC[C@H](C#N)C1. The molecule has 174 valence electrons. The number of hydrogen-bond donors (Lipinski definition) is 2. The van der Waals surface area contributed by atoms with E-state index in [9.17, 15) is 19.5 Å². The molecule has 10 nitrogen and oxygen atoms in total. The third-order valence-corrected chi connectivity index (χ3v) is 5.98. The Kier molecular flexibility index (Phi) is 5.97. The van der Waals surface area contributed by atoms with Crippen LogP contribution in [0.1, 0.15) is 54.7 Å². The maximum atomic E-state index is 13.3. The molecule has 4 rings (SSSR count). The average molecular weight is 453 g/mol. The Hall–Kier alpha value is -3.61. The standard InChI is InChI=1S/C23H28N6O4/c1-13(2)11-28-21-17(6-7-18(30)27-9-8-15(10-24)12-27)14(3)26-29(21)23(33)19(22(28)32)20(31)25-16-4-5-16/h6-7,13,15-16,33H,4-5,8-9,11-12H2,1-3H3,(H,25,31)/b7-6+/t15-/m1/s1. The lowest BCUT2D eigenvalue weighted by molar-refractivity contribution is -0.125. The minimum Gasteiger partial charge on any atom is -0.492 e. The van der Waals surface area contributed by atoms with Crippen molar-refractivity contribution in [1.82, 2.24) is 24.4 Å². The number of aromatic nitrogens is 3. The third kappa shape index (κ3) is 4.35. The number of nitrogens with one attached hydrogen (secondary N) is 1. The topological polar surface area (TPSA) is 133 Å². The van der Waals surface area contributed by atoms with E-state index in [1.807, 2.05) is 13.8 Å². The van der Waals surface area contributed by atoms with Gasteiger partial charge in [-0.05, 0) is 38.2 Å². The monoisotopic (exact) mass is 452 g/mol. The number of rotatable bonds is 6. The molecule has 1 saturated carbocycles. The van der Waals surface area contributed by atoms with Crippen LogP contribution in [0.25, 0.3) is 11.7 Å². The van der Waals surface area contributed by atoms with Gasteiger partial charge in [-0.1, -0.05) is 13.8 Å². The van der Waals surface area contributed by atoms with Gasteiger partial charge in [0, 0.05) is 37.3 Å². The van der Waals surface area contributed by atoms with E-state index in [4.69, 9.17) is 5.26 Å². The minimum atomic E-state index is -0.610. The van der Waals surface area contributed by atoms with Crippen LogP contribution in [0.5, 0.6) is 5.88 Å². The molecule has 0 aromatic carbocycles. The van der Waals surface area contributed by atoms with Crippen LogP contribution in [0.15, 0.2) is 10.9 Å². The summed E-state index contributed by atoms with van der Waals surface area (Å²) >= 11 is 0. The average Bonchev–Trinajstić information content (AvgIpc) is 3.32. The van der Waals surface area contributed by atoms with Crippen LogP contribution >= 0.6 is 0 Å². The lowest BCUT2D eigenvalue weighted by Gasteiger charge is -2.15. The summed E-state index contributed by atoms with van der Waals surface area (Å²) in [7, 11) is 0. The molecule has 0 radical (unpaired) electrons. The Morgan fingerprint density at radius 1 is 1.33 bits per heavy atom. The van der Waals surface area contributed by atoms with Gasteiger partial charge in [-0.3, -0.25) is 19.0 Å². The fourth-order valence-electron chi connectivity index (χ4n) is 4.11. The number of carbonyl (C=O) groups excluding carboxylic acids is 2. The van der Waals surface area contributed by atoms with Gasteiger partial charge in [0.15, 0.2) is 5.56 Å². The van der Waals surface area contributed by atoms with Crippen molar-refractivity contribution in [2.24, 2.45) is 11.8 Å². The molecule has 0 spiro atoms. The maximum absolute atomic E-state index is 13.3. The van der Waals surface area contributed by atoms with Crippen LogP contribution in [0.3, 0.4) is 0 Å². The van der Waals surface area contributed by atoms with Gasteiger partial charge in [-0.15, -0.1) is 0 Å². The molecular weight excluding hydrogens is 424 g/mol. The Balaban J connectivity index is 1.78. The summed E-state index contributed by atoms with van der Waals surface area (Å²) < 4.78 is 2.64. The fourth-order valence-corrected chi connectivity index (χ4v) is 4.11. The van der Waals surface area contributed by atoms with E-state index in [-0.39, 0.29) is 29.3 Å². The van der Waals surface area contributed by atoms with Gasteiger partial charge in [0.25, 0.3) is 11.5 Å². The number of aromatic hydroxyl groups is 1. The molecule has 33 heavy (non-hydrogen) atoms. The maximum Gasteiger partial charge on any atom is 0.270 e. The molecule has 2 fully saturated rings. The molecule has 1 aliphatic heterocycles. The summed E-state index contributed by atoms with van der Waals surface area (Å²) in [5.74, 6) is -1.43. The van der Waals surface area contributed by atoms with Crippen molar-refractivity contribution in [3.8, 4) is 11.9 Å². The summed E-state index contributed by atoms with van der Waals surface area (Å²) in [5.41, 5.74) is 0.420. The summed E-state index contributed by atoms with van der Waals surface area (Å²) in [6, 6.07) is 2.22.